The highest BCUT2D eigenvalue weighted by Crippen LogP contribution is 2.33. The molecule has 5 rings (SSSR count). The number of thioether (sulfide) groups is 1. The van der Waals surface area contributed by atoms with Crippen molar-refractivity contribution in [3.63, 3.8) is 0 Å². The third-order valence-electron chi connectivity index (χ3n) is 5.87. The average Bonchev–Trinajstić information content (AvgIpc) is 3.50. The molecule has 0 bridgehead atoms. The van der Waals surface area contributed by atoms with Crippen LogP contribution in [0.1, 0.15) is 17.0 Å². The lowest BCUT2D eigenvalue weighted by atomic mass is 10.1. The molecule has 0 atom stereocenters. The Balaban J connectivity index is 1.61. The van der Waals surface area contributed by atoms with E-state index in [0.29, 0.717) is 38.3 Å². The minimum absolute atomic E-state index is 0.161. The number of hydrogen-bond donors (Lipinski definition) is 1. The molecular formula is C25H24N6O3S3. The van der Waals surface area contributed by atoms with Gasteiger partial charge in [-0.2, -0.15) is 0 Å². The molecular weight excluding hydrogens is 529 g/mol. The summed E-state index contributed by atoms with van der Waals surface area (Å²) in [6, 6.07) is 14.5. The molecule has 9 nitrogen and oxygen atoms in total. The van der Waals surface area contributed by atoms with Crippen LogP contribution in [-0.2, 0) is 15.8 Å². The Morgan fingerprint density at radius 1 is 1.05 bits per heavy atom. The molecule has 0 unspecified atom stereocenters. The van der Waals surface area contributed by atoms with Crippen molar-refractivity contribution in [3.8, 4) is 17.1 Å². The highest BCUT2D eigenvalue weighted by Gasteiger charge is 2.22. The van der Waals surface area contributed by atoms with Gasteiger partial charge in [-0.25, -0.2) is 17.7 Å². The molecule has 0 fully saturated rings. The number of H-pyrrole nitrogens is 1. The van der Waals surface area contributed by atoms with Gasteiger partial charge in [0, 0.05) is 19.7 Å². The van der Waals surface area contributed by atoms with E-state index in [1.807, 2.05) is 54.1 Å². The van der Waals surface area contributed by atoms with E-state index < -0.39 is 10.0 Å². The van der Waals surface area contributed by atoms with Gasteiger partial charge in [0.25, 0.3) is 5.56 Å². The standard InChI is InChI=1S/C25H24N6O3S3/c1-15-7-5-8-16(2)21(15)31-23(17-9-6-10-18(13-17)37(33,34)30(3)4)28-29-25(31)36-14-20-26-19-11-12-35-22(19)24(32)27-20/h5-13H,14H2,1-4H3,(H,26,27,32). The molecule has 37 heavy (non-hydrogen) atoms. The number of nitrogens with zero attached hydrogens (tertiary/aromatic N) is 5. The maximum Gasteiger partial charge on any atom is 0.268 e. The van der Waals surface area contributed by atoms with E-state index in [9.17, 15) is 13.2 Å². The number of para-hydroxylation sites is 1. The van der Waals surface area contributed by atoms with E-state index in [4.69, 9.17) is 0 Å². The second kappa shape index (κ2) is 9.86. The van der Waals surface area contributed by atoms with Gasteiger partial charge >= 0.3 is 0 Å². The molecule has 0 amide bonds. The lowest BCUT2D eigenvalue weighted by Gasteiger charge is -2.16. The fraction of sp³-hybridized carbons (Fsp3) is 0.200. The molecule has 1 N–H and O–H groups in total. The molecule has 0 spiro atoms. The number of thiophene rings is 1. The van der Waals surface area contributed by atoms with Gasteiger partial charge in [-0.15, -0.1) is 21.5 Å². The van der Waals surface area contributed by atoms with Gasteiger partial charge < -0.3 is 4.98 Å². The Morgan fingerprint density at radius 2 is 1.78 bits per heavy atom. The second-order valence-corrected chi connectivity index (χ2v) is 12.6. The molecule has 0 aliphatic carbocycles. The first-order chi connectivity index (χ1) is 17.7. The maximum absolute atomic E-state index is 12.8. The van der Waals surface area contributed by atoms with Crippen molar-refractivity contribution in [1.29, 1.82) is 0 Å². The largest absolute Gasteiger partial charge is 0.309 e. The van der Waals surface area contributed by atoms with Crippen molar-refractivity contribution in [2.24, 2.45) is 0 Å². The van der Waals surface area contributed by atoms with Crippen LogP contribution in [0.4, 0.5) is 0 Å². The zero-order valence-electron chi connectivity index (χ0n) is 20.6. The fourth-order valence-electron chi connectivity index (χ4n) is 4.04. The number of fused-ring (bicyclic) bond motifs is 1. The van der Waals surface area contributed by atoms with Gasteiger partial charge in [0.1, 0.15) is 10.5 Å². The van der Waals surface area contributed by atoms with Crippen molar-refractivity contribution < 1.29 is 8.42 Å². The van der Waals surface area contributed by atoms with Crippen molar-refractivity contribution >= 4 is 43.3 Å². The predicted molar refractivity (Wildman–Crippen MR) is 147 cm³/mol. The van der Waals surface area contributed by atoms with Gasteiger partial charge in [-0.1, -0.05) is 42.1 Å². The van der Waals surface area contributed by atoms with Gasteiger partial charge in [-0.3, -0.25) is 9.36 Å². The summed E-state index contributed by atoms with van der Waals surface area (Å²) in [5.74, 6) is 1.43. The predicted octanol–water partition coefficient (Wildman–Crippen LogP) is 4.39. The van der Waals surface area contributed by atoms with Gasteiger partial charge in [0.15, 0.2) is 11.0 Å². The number of aryl methyl sites for hydroxylation is 2. The van der Waals surface area contributed by atoms with Gasteiger partial charge in [0.2, 0.25) is 10.0 Å². The molecule has 12 heteroatoms. The summed E-state index contributed by atoms with van der Waals surface area (Å²) in [5.41, 5.74) is 4.08. The SMILES string of the molecule is Cc1cccc(C)c1-n1c(SCc2nc3ccsc3c(=O)[nH]2)nnc1-c1cccc(S(=O)(=O)N(C)C)c1. The fourth-order valence-corrected chi connectivity index (χ4v) is 6.52. The van der Waals surface area contributed by atoms with Crippen LogP contribution in [0.25, 0.3) is 27.3 Å². The monoisotopic (exact) mass is 552 g/mol. The zero-order valence-corrected chi connectivity index (χ0v) is 23.0. The summed E-state index contributed by atoms with van der Waals surface area (Å²) in [7, 11) is -0.625. The number of aromatic nitrogens is 5. The van der Waals surface area contributed by atoms with Crippen molar-refractivity contribution in [3.05, 3.63) is 81.2 Å². The van der Waals surface area contributed by atoms with Crippen LogP contribution in [0.2, 0.25) is 0 Å². The van der Waals surface area contributed by atoms with E-state index in [2.05, 4.69) is 20.2 Å². The highest BCUT2D eigenvalue weighted by atomic mass is 32.2. The summed E-state index contributed by atoms with van der Waals surface area (Å²) >= 11 is 2.76. The van der Waals surface area contributed by atoms with Crippen LogP contribution < -0.4 is 5.56 Å². The van der Waals surface area contributed by atoms with E-state index in [1.54, 1.807) is 18.2 Å². The van der Waals surface area contributed by atoms with Crippen molar-refractivity contribution in [2.45, 2.75) is 29.7 Å². The lowest BCUT2D eigenvalue weighted by Crippen LogP contribution is -2.22. The molecule has 0 saturated heterocycles. The minimum Gasteiger partial charge on any atom is -0.309 e. The molecule has 0 saturated carbocycles. The Labute approximate surface area is 222 Å². The summed E-state index contributed by atoms with van der Waals surface area (Å²) in [5, 5.41) is 11.4. The van der Waals surface area contributed by atoms with Gasteiger partial charge in [0.05, 0.1) is 21.9 Å². The van der Waals surface area contributed by atoms with Crippen molar-refractivity contribution in [1.82, 2.24) is 29.0 Å². The Hall–Kier alpha value is -3.32. The molecule has 2 aromatic carbocycles. The van der Waals surface area contributed by atoms with E-state index in [1.165, 1.54) is 41.5 Å². The highest BCUT2D eigenvalue weighted by molar-refractivity contribution is 7.98. The molecule has 190 valence electrons. The molecule has 5 aromatic rings. The topological polar surface area (TPSA) is 114 Å². The summed E-state index contributed by atoms with van der Waals surface area (Å²) in [4.78, 5) is 20.0. The first-order valence-electron chi connectivity index (χ1n) is 11.3. The summed E-state index contributed by atoms with van der Waals surface area (Å²) < 4.78 is 29.3. The van der Waals surface area contributed by atoms with E-state index in [0.717, 1.165) is 16.8 Å². The number of nitrogens with one attached hydrogen (secondary N) is 1. The Morgan fingerprint density at radius 3 is 2.51 bits per heavy atom. The zero-order chi connectivity index (χ0) is 26.3. The molecule has 0 radical (unpaired) electrons. The molecule has 3 aromatic heterocycles. The average molecular weight is 553 g/mol. The van der Waals surface area contributed by atoms with E-state index >= 15 is 0 Å². The lowest BCUT2D eigenvalue weighted by molar-refractivity contribution is 0.521. The van der Waals surface area contributed by atoms with E-state index in [-0.39, 0.29) is 10.5 Å². The number of sulfonamides is 1. The number of hydrogen-bond acceptors (Lipinski definition) is 8. The van der Waals surface area contributed by atoms with Crippen LogP contribution in [0.15, 0.2) is 68.8 Å². The third kappa shape index (κ3) is 4.73. The van der Waals surface area contributed by atoms with Crippen LogP contribution >= 0.6 is 23.1 Å². The van der Waals surface area contributed by atoms with Crippen LogP contribution in [0.3, 0.4) is 0 Å². The Kier molecular flexibility index (Phi) is 6.75. The van der Waals surface area contributed by atoms with Crippen LogP contribution in [-0.4, -0.2) is 51.6 Å². The second-order valence-electron chi connectivity index (χ2n) is 8.63. The number of rotatable bonds is 7. The van der Waals surface area contributed by atoms with Crippen LogP contribution in [0, 0.1) is 13.8 Å². The van der Waals surface area contributed by atoms with Gasteiger partial charge in [-0.05, 0) is 48.6 Å². The Bertz CT molecular complexity index is 1770. The smallest absolute Gasteiger partial charge is 0.268 e. The third-order valence-corrected chi connectivity index (χ3v) is 9.52. The maximum atomic E-state index is 12.8. The molecule has 0 aliphatic heterocycles. The normalized spacial score (nSPS) is 12.0. The van der Waals surface area contributed by atoms with Crippen molar-refractivity contribution in [2.75, 3.05) is 14.1 Å². The summed E-state index contributed by atoms with van der Waals surface area (Å²) in [6.07, 6.45) is 0. The number of aromatic amines is 1. The molecule has 3 heterocycles. The first-order valence-corrected chi connectivity index (χ1v) is 14.6. The van der Waals surface area contributed by atoms with Crippen LogP contribution in [0.5, 0.6) is 0 Å². The number of benzene rings is 2. The first kappa shape index (κ1) is 25.3. The quantitative estimate of drug-likeness (QED) is 0.298. The summed E-state index contributed by atoms with van der Waals surface area (Å²) in [6.45, 7) is 4.02. The molecule has 0 aliphatic rings. The minimum atomic E-state index is -3.63.